The summed E-state index contributed by atoms with van der Waals surface area (Å²) in [5.41, 5.74) is 9.67. The van der Waals surface area contributed by atoms with Crippen molar-refractivity contribution in [3.05, 3.63) is 47.1 Å². The molecule has 2 aliphatic rings. The number of hydrogen-bond donors (Lipinski definition) is 2. The third kappa shape index (κ3) is 3.11. The fourth-order valence-electron chi connectivity index (χ4n) is 3.66. The summed E-state index contributed by atoms with van der Waals surface area (Å²) in [4.78, 5) is 2.33. The smallest absolute Gasteiger partial charge is 0.159 e. The highest BCUT2D eigenvalue weighted by Gasteiger charge is 2.35. The summed E-state index contributed by atoms with van der Waals surface area (Å²) in [5.74, 6) is 0.686. The number of nitrogens with zero attached hydrogens (tertiary/aromatic N) is 1. The van der Waals surface area contributed by atoms with Crippen LogP contribution < -0.4 is 5.73 Å². The Kier molecular flexibility index (Phi) is 5.44. The lowest BCUT2D eigenvalue weighted by Crippen LogP contribution is -2.34. The molecule has 3 unspecified atom stereocenters. The molecule has 0 aromatic rings. The molecule has 0 amide bonds. The topological polar surface area (TPSA) is 49.5 Å². The summed E-state index contributed by atoms with van der Waals surface area (Å²) in [6.45, 7) is 8.58. The Hall–Kier alpha value is -1.58. The molecular weight excluding hydrogens is 271 g/mol. The molecule has 0 spiro atoms. The third-order valence-corrected chi connectivity index (χ3v) is 4.93. The van der Waals surface area contributed by atoms with Crippen LogP contribution in [0.4, 0.5) is 0 Å². The van der Waals surface area contributed by atoms with Crippen LogP contribution in [0.25, 0.3) is 0 Å². The molecule has 2 aliphatic heterocycles. The zero-order valence-electron chi connectivity index (χ0n) is 14.2. The Morgan fingerprint density at radius 2 is 2.27 bits per heavy atom. The van der Waals surface area contributed by atoms with Crippen molar-refractivity contribution in [2.75, 3.05) is 0 Å². The molecule has 22 heavy (non-hydrogen) atoms. The first-order chi connectivity index (χ1) is 10.5. The number of rotatable bonds is 4. The molecule has 1 radical (unpaired) electrons. The number of hydrogen-bond acceptors (Lipinski definition) is 3. The van der Waals surface area contributed by atoms with Crippen LogP contribution in [0.5, 0.6) is 0 Å². The highest BCUT2D eigenvalue weighted by molar-refractivity contribution is 6.48. The predicted molar refractivity (Wildman–Crippen MR) is 94.3 cm³/mol. The van der Waals surface area contributed by atoms with Crippen LogP contribution in [-0.4, -0.2) is 23.3 Å². The van der Waals surface area contributed by atoms with E-state index in [0.717, 1.165) is 25.0 Å². The van der Waals surface area contributed by atoms with Crippen LogP contribution in [0.1, 0.15) is 47.0 Å². The minimum Gasteiger partial charge on any atom is -0.513 e. The van der Waals surface area contributed by atoms with Gasteiger partial charge in [0.05, 0.1) is 5.76 Å². The van der Waals surface area contributed by atoms with Crippen LogP contribution in [0.2, 0.25) is 5.82 Å². The molecule has 0 aromatic carbocycles. The summed E-state index contributed by atoms with van der Waals surface area (Å²) in [7, 11) is 2.20. The van der Waals surface area contributed by atoms with Gasteiger partial charge < -0.3 is 15.7 Å². The van der Waals surface area contributed by atoms with Crippen molar-refractivity contribution in [3.8, 4) is 0 Å². The predicted octanol–water partition coefficient (Wildman–Crippen LogP) is 4.05. The van der Waals surface area contributed by atoms with Crippen LogP contribution >= 0.6 is 0 Å². The highest BCUT2D eigenvalue weighted by atomic mass is 16.3. The monoisotopic (exact) mass is 299 g/mol. The Labute approximate surface area is 135 Å². The summed E-state index contributed by atoms with van der Waals surface area (Å²) in [6.07, 6.45) is 10.9. The Balaban J connectivity index is 2.31. The Bertz CT molecular complexity index is 533. The normalized spacial score (nSPS) is 29.2. The minimum absolute atomic E-state index is 0.0142. The lowest BCUT2D eigenvalue weighted by atomic mass is 9.49. The average Bonchev–Trinajstić information content (AvgIpc) is 2.85. The summed E-state index contributed by atoms with van der Waals surface area (Å²) in [6, 6.07) is 0.430. The van der Waals surface area contributed by atoms with Crippen molar-refractivity contribution in [2.45, 2.75) is 58.8 Å². The number of nitrogens with two attached hydrogens (primary N) is 1. The van der Waals surface area contributed by atoms with Crippen molar-refractivity contribution in [3.63, 3.8) is 0 Å². The fraction of sp³-hybridized carbons (Fsp3) is 0.556. The second-order valence-electron chi connectivity index (χ2n) is 6.30. The van der Waals surface area contributed by atoms with Crippen LogP contribution in [0.3, 0.4) is 0 Å². The van der Waals surface area contributed by atoms with Gasteiger partial charge in [-0.05, 0) is 46.1 Å². The molecule has 0 fully saturated rings. The van der Waals surface area contributed by atoms with Crippen molar-refractivity contribution >= 4 is 7.28 Å². The van der Waals surface area contributed by atoms with Gasteiger partial charge in [-0.25, -0.2) is 0 Å². The zero-order chi connectivity index (χ0) is 16.3. The molecule has 0 saturated carbocycles. The third-order valence-electron chi connectivity index (χ3n) is 4.93. The number of aliphatic hydroxyl groups excluding tert-OH is 1. The van der Waals surface area contributed by atoms with Crippen LogP contribution in [-0.2, 0) is 0 Å². The van der Waals surface area contributed by atoms with E-state index < -0.39 is 0 Å². The van der Waals surface area contributed by atoms with Crippen molar-refractivity contribution in [1.82, 2.24) is 4.90 Å². The standard InChI is InChI=1S/C18H28BN2O/c1-5-14-9-10-17(22)18(19-14)15(6-2)16(11-20)21-12(3)7-8-13(21)4/h5,7,10-11,13,15,18,22H,6,8-9,20H2,1-4H3/b14-5-,16-11+. The zero-order valence-corrected chi connectivity index (χ0v) is 14.2. The van der Waals surface area contributed by atoms with Gasteiger partial charge in [-0.3, -0.25) is 0 Å². The minimum atomic E-state index is 0.0142. The van der Waals surface area contributed by atoms with E-state index in [9.17, 15) is 5.11 Å². The van der Waals surface area contributed by atoms with Crippen molar-refractivity contribution in [1.29, 1.82) is 0 Å². The van der Waals surface area contributed by atoms with E-state index in [4.69, 9.17) is 5.73 Å². The van der Waals surface area contributed by atoms with Gasteiger partial charge >= 0.3 is 0 Å². The molecule has 0 saturated heterocycles. The van der Waals surface area contributed by atoms with Gasteiger partial charge in [0.2, 0.25) is 0 Å². The van der Waals surface area contributed by atoms with Gasteiger partial charge in [0.1, 0.15) is 0 Å². The van der Waals surface area contributed by atoms with E-state index in [2.05, 4.69) is 52.0 Å². The lowest BCUT2D eigenvalue weighted by Gasteiger charge is -2.38. The molecule has 3 N–H and O–H groups in total. The van der Waals surface area contributed by atoms with Gasteiger partial charge in [0, 0.05) is 35.4 Å². The molecule has 3 nitrogen and oxygen atoms in total. The Morgan fingerprint density at radius 1 is 1.55 bits per heavy atom. The molecule has 0 aliphatic carbocycles. The molecule has 2 rings (SSSR count). The van der Waals surface area contributed by atoms with E-state index in [1.807, 2.05) is 6.08 Å². The van der Waals surface area contributed by atoms with E-state index >= 15 is 0 Å². The van der Waals surface area contributed by atoms with Gasteiger partial charge in [-0.15, -0.1) is 5.47 Å². The Morgan fingerprint density at radius 3 is 2.77 bits per heavy atom. The molecule has 0 aromatic heterocycles. The number of aliphatic hydroxyl groups is 1. The molecule has 3 atom stereocenters. The first-order valence-corrected chi connectivity index (χ1v) is 8.30. The summed E-state index contributed by atoms with van der Waals surface area (Å²) < 4.78 is 0. The quantitative estimate of drug-likeness (QED) is 0.770. The van der Waals surface area contributed by atoms with E-state index in [-0.39, 0.29) is 11.7 Å². The first kappa shape index (κ1) is 16.8. The SMILES string of the molecule is C/C=C1\[B]C(C(CC)/C(=C\N)N2C(C)=CCC2C)C(O)=CC1. The average molecular weight is 299 g/mol. The maximum Gasteiger partial charge on any atom is 0.159 e. The maximum atomic E-state index is 10.4. The van der Waals surface area contributed by atoms with Crippen LogP contribution in [0.15, 0.2) is 47.1 Å². The molecule has 4 heteroatoms. The van der Waals surface area contributed by atoms with Crippen LogP contribution in [0, 0.1) is 5.92 Å². The van der Waals surface area contributed by atoms with Gasteiger partial charge in [-0.1, -0.05) is 19.1 Å². The molecule has 0 bridgehead atoms. The van der Waals surface area contributed by atoms with E-state index in [1.54, 1.807) is 6.20 Å². The van der Waals surface area contributed by atoms with Crippen molar-refractivity contribution in [2.24, 2.45) is 11.7 Å². The largest absolute Gasteiger partial charge is 0.513 e. The highest BCUT2D eigenvalue weighted by Crippen LogP contribution is 2.41. The second kappa shape index (κ2) is 7.12. The molecule has 2 heterocycles. The maximum absolute atomic E-state index is 10.4. The fourth-order valence-corrected chi connectivity index (χ4v) is 3.66. The van der Waals surface area contributed by atoms with Crippen molar-refractivity contribution < 1.29 is 5.11 Å². The van der Waals surface area contributed by atoms with Gasteiger partial charge in [-0.2, -0.15) is 0 Å². The molecule has 119 valence electrons. The lowest BCUT2D eigenvalue weighted by molar-refractivity contribution is 0.288. The van der Waals surface area contributed by atoms with Gasteiger partial charge in [0.25, 0.3) is 0 Å². The van der Waals surface area contributed by atoms with Gasteiger partial charge in [0.15, 0.2) is 7.28 Å². The van der Waals surface area contributed by atoms with E-state index in [1.165, 1.54) is 11.2 Å². The van der Waals surface area contributed by atoms with E-state index in [0.29, 0.717) is 11.8 Å². The summed E-state index contributed by atoms with van der Waals surface area (Å²) >= 11 is 0. The first-order valence-electron chi connectivity index (χ1n) is 8.30. The second-order valence-corrected chi connectivity index (χ2v) is 6.30. The summed E-state index contributed by atoms with van der Waals surface area (Å²) in [5, 5.41) is 10.4. The number of allylic oxidation sites excluding steroid dienone is 6. The molecular formula is C18H28BN2O.